The normalized spacial score (nSPS) is 10.1. The molecule has 0 aromatic heterocycles. The minimum absolute atomic E-state index is 0.0553. The van der Waals surface area contributed by atoms with Crippen LogP contribution in [0.1, 0.15) is 5.56 Å². The molecule has 126 valence electrons. The van der Waals surface area contributed by atoms with Gasteiger partial charge in [0.15, 0.2) is 6.61 Å². The van der Waals surface area contributed by atoms with E-state index in [0.717, 1.165) is 10.5 Å². The third kappa shape index (κ3) is 5.31. The number of nitrogens with one attached hydrogen (secondary N) is 1. The summed E-state index contributed by atoms with van der Waals surface area (Å²) < 4.78 is 10.2. The van der Waals surface area contributed by atoms with Crippen LogP contribution < -0.4 is 10.1 Å². The second-order valence-corrected chi connectivity index (χ2v) is 5.81. The number of carbonyl (C=O) groups is 2. The predicted molar refractivity (Wildman–Crippen MR) is 94.5 cm³/mol. The number of esters is 1. The lowest BCUT2D eigenvalue weighted by atomic mass is 10.1. The van der Waals surface area contributed by atoms with Gasteiger partial charge in [0.25, 0.3) is 5.91 Å². The fourth-order valence-electron chi connectivity index (χ4n) is 2.07. The first-order chi connectivity index (χ1) is 11.6. The maximum Gasteiger partial charge on any atom is 0.310 e. The Morgan fingerprint density at radius 3 is 2.46 bits per heavy atom. The van der Waals surface area contributed by atoms with Gasteiger partial charge >= 0.3 is 5.97 Å². The van der Waals surface area contributed by atoms with Crippen LogP contribution in [-0.2, 0) is 20.7 Å². The molecule has 6 heteroatoms. The Morgan fingerprint density at radius 1 is 1.08 bits per heavy atom. The minimum atomic E-state index is -0.479. The van der Waals surface area contributed by atoms with E-state index in [0.29, 0.717) is 11.4 Å². The zero-order valence-electron chi connectivity index (χ0n) is 13.6. The molecule has 5 nitrogen and oxygen atoms in total. The molecule has 0 bridgehead atoms. The Kier molecular flexibility index (Phi) is 6.69. The van der Waals surface area contributed by atoms with Gasteiger partial charge in [0.2, 0.25) is 0 Å². The molecule has 1 amide bonds. The number of hydrogen-bond acceptors (Lipinski definition) is 5. The number of hydrogen-bond donors (Lipinski definition) is 1. The summed E-state index contributed by atoms with van der Waals surface area (Å²) in [7, 11) is 1.54. The van der Waals surface area contributed by atoms with Crippen molar-refractivity contribution < 1.29 is 19.1 Å². The molecule has 2 aromatic carbocycles. The van der Waals surface area contributed by atoms with Crippen LogP contribution in [0.2, 0.25) is 0 Å². The minimum Gasteiger partial charge on any atom is -0.496 e. The Bertz CT molecular complexity index is 700. The summed E-state index contributed by atoms with van der Waals surface area (Å²) in [5, 5.41) is 2.68. The lowest BCUT2D eigenvalue weighted by molar-refractivity contribution is -0.146. The van der Waals surface area contributed by atoms with Gasteiger partial charge in [0.1, 0.15) is 5.75 Å². The van der Waals surface area contributed by atoms with Gasteiger partial charge in [-0.15, -0.1) is 11.8 Å². The molecule has 24 heavy (non-hydrogen) atoms. The fourth-order valence-corrected chi connectivity index (χ4v) is 2.48. The van der Waals surface area contributed by atoms with Gasteiger partial charge in [0.05, 0.1) is 13.5 Å². The smallest absolute Gasteiger partial charge is 0.310 e. The molecule has 1 N–H and O–H groups in total. The number of rotatable bonds is 7. The van der Waals surface area contributed by atoms with Crippen LogP contribution in [0.15, 0.2) is 53.4 Å². The Morgan fingerprint density at radius 2 is 1.79 bits per heavy atom. The van der Waals surface area contributed by atoms with Crippen LogP contribution in [0.3, 0.4) is 0 Å². The van der Waals surface area contributed by atoms with Crippen molar-refractivity contribution in [1.82, 2.24) is 0 Å². The number of anilines is 1. The van der Waals surface area contributed by atoms with Crippen LogP contribution in [-0.4, -0.2) is 31.8 Å². The molecule has 0 aliphatic rings. The molecular formula is C18H19NO4S. The van der Waals surface area contributed by atoms with Crippen molar-refractivity contribution in [2.75, 3.05) is 25.3 Å². The SMILES string of the molecule is COc1ccccc1CC(=O)OCC(=O)Nc1ccc(SC)cc1. The highest BCUT2D eigenvalue weighted by atomic mass is 32.2. The van der Waals surface area contributed by atoms with Crippen LogP contribution in [0, 0.1) is 0 Å². The number of para-hydroxylation sites is 1. The number of amides is 1. The first-order valence-electron chi connectivity index (χ1n) is 7.34. The highest BCUT2D eigenvalue weighted by Crippen LogP contribution is 2.18. The lowest BCUT2D eigenvalue weighted by Crippen LogP contribution is -2.21. The van der Waals surface area contributed by atoms with Gasteiger partial charge in [-0.2, -0.15) is 0 Å². The van der Waals surface area contributed by atoms with E-state index in [1.807, 2.05) is 30.5 Å². The highest BCUT2D eigenvalue weighted by molar-refractivity contribution is 7.98. The van der Waals surface area contributed by atoms with Crippen molar-refractivity contribution in [3.05, 3.63) is 54.1 Å². The third-order valence-electron chi connectivity index (χ3n) is 3.27. The summed E-state index contributed by atoms with van der Waals surface area (Å²) in [6.45, 7) is -0.321. The molecular weight excluding hydrogens is 326 g/mol. The fraction of sp³-hybridized carbons (Fsp3) is 0.222. The Balaban J connectivity index is 1.81. The molecule has 2 aromatic rings. The van der Waals surface area contributed by atoms with E-state index in [-0.39, 0.29) is 18.9 Å². The molecule has 0 atom stereocenters. The van der Waals surface area contributed by atoms with Crippen molar-refractivity contribution in [3.63, 3.8) is 0 Å². The summed E-state index contributed by atoms with van der Waals surface area (Å²) in [5.41, 5.74) is 1.39. The molecule has 0 saturated carbocycles. The van der Waals surface area contributed by atoms with E-state index in [1.165, 1.54) is 0 Å². The monoisotopic (exact) mass is 345 g/mol. The standard InChI is InChI=1S/C18H19NO4S/c1-22-16-6-4-3-5-13(16)11-18(21)23-12-17(20)19-14-7-9-15(24-2)10-8-14/h3-10H,11-12H2,1-2H3,(H,19,20). The van der Waals surface area contributed by atoms with Crippen molar-refractivity contribution in [1.29, 1.82) is 0 Å². The summed E-state index contributed by atoms with van der Waals surface area (Å²) in [6.07, 6.45) is 2.04. The van der Waals surface area contributed by atoms with Crippen molar-refractivity contribution in [2.45, 2.75) is 11.3 Å². The average Bonchev–Trinajstić information content (AvgIpc) is 2.61. The zero-order valence-corrected chi connectivity index (χ0v) is 14.4. The summed E-state index contributed by atoms with van der Waals surface area (Å²) in [4.78, 5) is 24.8. The molecule has 0 unspecified atom stereocenters. The van der Waals surface area contributed by atoms with Crippen LogP contribution in [0.5, 0.6) is 5.75 Å². The summed E-state index contributed by atoms with van der Waals surface area (Å²) >= 11 is 1.62. The van der Waals surface area contributed by atoms with E-state index >= 15 is 0 Å². The topological polar surface area (TPSA) is 64.6 Å². The van der Waals surface area contributed by atoms with E-state index in [1.54, 1.807) is 43.1 Å². The molecule has 0 aliphatic carbocycles. The zero-order chi connectivity index (χ0) is 17.4. The molecule has 0 spiro atoms. The Hall–Kier alpha value is -2.47. The quantitative estimate of drug-likeness (QED) is 0.617. The number of methoxy groups -OCH3 is 1. The first kappa shape index (κ1) is 17.9. The maximum atomic E-state index is 11.9. The molecule has 0 heterocycles. The number of ether oxygens (including phenoxy) is 2. The van der Waals surface area contributed by atoms with Gasteiger partial charge in [-0.05, 0) is 36.6 Å². The molecule has 0 radical (unpaired) electrons. The van der Waals surface area contributed by atoms with Gasteiger partial charge in [-0.1, -0.05) is 18.2 Å². The maximum absolute atomic E-state index is 11.9. The van der Waals surface area contributed by atoms with E-state index in [9.17, 15) is 9.59 Å². The van der Waals surface area contributed by atoms with Crippen molar-refractivity contribution in [2.24, 2.45) is 0 Å². The second kappa shape index (κ2) is 8.98. The van der Waals surface area contributed by atoms with Crippen molar-refractivity contribution >= 4 is 29.3 Å². The van der Waals surface area contributed by atoms with Gasteiger partial charge in [0, 0.05) is 16.1 Å². The lowest BCUT2D eigenvalue weighted by Gasteiger charge is -2.09. The highest BCUT2D eigenvalue weighted by Gasteiger charge is 2.11. The van der Waals surface area contributed by atoms with Crippen LogP contribution in [0.25, 0.3) is 0 Å². The Labute approximate surface area is 145 Å². The molecule has 0 aliphatic heterocycles. The van der Waals surface area contributed by atoms with Gasteiger partial charge in [-0.25, -0.2) is 0 Å². The van der Waals surface area contributed by atoms with E-state index in [4.69, 9.17) is 9.47 Å². The van der Waals surface area contributed by atoms with E-state index < -0.39 is 5.97 Å². The van der Waals surface area contributed by atoms with Crippen molar-refractivity contribution in [3.8, 4) is 5.75 Å². The summed E-state index contributed by atoms with van der Waals surface area (Å²) in [6, 6.07) is 14.6. The number of thioether (sulfide) groups is 1. The average molecular weight is 345 g/mol. The molecule has 2 rings (SSSR count). The second-order valence-electron chi connectivity index (χ2n) is 4.93. The predicted octanol–water partition coefficient (Wildman–Crippen LogP) is 3.14. The van der Waals surface area contributed by atoms with Gasteiger partial charge < -0.3 is 14.8 Å². The number of benzene rings is 2. The van der Waals surface area contributed by atoms with Crippen LogP contribution >= 0.6 is 11.8 Å². The van der Waals surface area contributed by atoms with Gasteiger partial charge in [-0.3, -0.25) is 9.59 Å². The summed E-state index contributed by atoms with van der Waals surface area (Å²) in [5.74, 6) is -0.236. The van der Waals surface area contributed by atoms with Crippen LogP contribution in [0.4, 0.5) is 5.69 Å². The largest absolute Gasteiger partial charge is 0.496 e. The van der Waals surface area contributed by atoms with E-state index in [2.05, 4.69) is 5.32 Å². The molecule has 0 saturated heterocycles. The molecule has 0 fully saturated rings. The first-order valence-corrected chi connectivity index (χ1v) is 8.56. The number of carbonyl (C=O) groups excluding carboxylic acids is 2. The third-order valence-corrected chi connectivity index (χ3v) is 4.01.